The number of hydrogen-bond acceptors (Lipinski definition) is 5. The standard InChI is InChI=1S/C11H13N3O3S/c12-6-9-2-3-10(7-13-9)18(16,17)14-8-11(15)4-1-5-11/h2-3,7,14-15H,1,4-5,8H2. The summed E-state index contributed by atoms with van der Waals surface area (Å²) in [6.45, 7) is 0.00926. The normalized spacial score (nSPS) is 17.8. The first kappa shape index (κ1) is 13.0. The maximum Gasteiger partial charge on any atom is 0.242 e. The van der Waals surface area contributed by atoms with E-state index >= 15 is 0 Å². The van der Waals surface area contributed by atoms with Gasteiger partial charge in [-0.2, -0.15) is 5.26 Å². The third-order valence-corrected chi connectivity index (χ3v) is 4.42. The second kappa shape index (κ2) is 4.65. The lowest BCUT2D eigenvalue weighted by Crippen LogP contribution is -2.47. The van der Waals surface area contributed by atoms with E-state index in [-0.39, 0.29) is 17.1 Å². The number of hydrogen-bond donors (Lipinski definition) is 2. The maximum atomic E-state index is 11.9. The molecule has 18 heavy (non-hydrogen) atoms. The number of nitrogens with zero attached hydrogens (tertiary/aromatic N) is 2. The molecule has 0 atom stereocenters. The molecule has 0 radical (unpaired) electrons. The zero-order chi connectivity index (χ0) is 13.2. The van der Waals surface area contributed by atoms with Crippen molar-refractivity contribution in [2.24, 2.45) is 0 Å². The first-order chi connectivity index (χ1) is 8.45. The number of aliphatic hydroxyl groups is 1. The van der Waals surface area contributed by atoms with Gasteiger partial charge >= 0.3 is 0 Å². The van der Waals surface area contributed by atoms with Crippen LogP contribution in [0.2, 0.25) is 0 Å². The summed E-state index contributed by atoms with van der Waals surface area (Å²) in [6.07, 6.45) is 3.27. The van der Waals surface area contributed by atoms with Crippen LogP contribution in [0.1, 0.15) is 25.0 Å². The molecular weight excluding hydrogens is 254 g/mol. The van der Waals surface area contributed by atoms with Crippen molar-refractivity contribution in [3.05, 3.63) is 24.0 Å². The number of nitriles is 1. The maximum absolute atomic E-state index is 11.9. The molecule has 1 heterocycles. The number of sulfonamides is 1. The van der Waals surface area contributed by atoms with E-state index in [1.165, 1.54) is 12.1 Å². The minimum Gasteiger partial charge on any atom is -0.389 e. The molecular formula is C11H13N3O3S. The molecule has 0 amide bonds. The van der Waals surface area contributed by atoms with Gasteiger partial charge in [-0.05, 0) is 31.4 Å². The van der Waals surface area contributed by atoms with Crippen LogP contribution in [0, 0.1) is 11.3 Å². The number of rotatable bonds is 4. The highest BCUT2D eigenvalue weighted by molar-refractivity contribution is 7.89. The Labute approximate surface area is 105 Å². The van der Waals surface area contributed by atoms with Gasteiger partial charge in [0, 0.05) is 12.7 Å². The lowest BCUT2D eigenvalue weighted by Gasteiger charge is -2.36. The molecule has 1 aromatic heterocycles. The van der Waals surface area contributed by atoms with Gasteiger partial charge in [-0.3, -0.25) is 0 Å². The fraction of sp³-hybridized carbons (Fsp3) is 0.455. The molecule has 0 aliphatic heterocycles. The van der Waals surface area contributed by atoms with Crippen molar-refractivity contribution in [3.8, 4) is 6.07 Å². The second-order valence-electron chi connectivity index (χ2n) is 4.39. The van der Waals surface area contributed by atoms with Gasteiger partial charge in [0.25, 0.3) is 0 Å². The molecule has 0 bridgehead atoms. The smallest absolute Gasteiger partial charge is 0.242 e. The van der Waals surface area contributed by atoms with Gasteiger partial charge in [0.1, 0.15) is 16.7 Å². The Kier molecular flexibility index (Phi) is 3.34. The van der Waals surface area contributed by atoms with Gasteiger partial charge in [-0.1, -0.05) is 0 Å². The van der Waals surface area contributed by atoms with Crippen LogP contribution >= 0.6 is 0 Å². The minimum absolute atomic E-state index is 0.00926. The summed E-state index contributed by atoms with van der Waals surface area (Å²) >= 11 is 0. The van der Waals surface area contributed by atoms with E-state index in [4.69, 9.17) is 5.26 Å². The van der Waals surface area contributed by atoms with Gasteiger partial charge < -0.3 is 5.11 Å². The summed E-state index contributed by atoms with van der Waals surface area (Å²) in [5, 5.41) is 18.4. The van der Waals surface area contributed by atoms with E-state index in [1.54, 1.807) is 0 Å². The Bertz CT molecular complexity index is 571. The fourth-order valence-electron chi connectivity index (χ4n) is 1.68. The van der Waals surface area contributed by atoms with Crippen molar-refractivity contribution in [2.75, 3.05) is 6.54 Å². The van der Waals surface area contributed by atoms with E-state index < -0.39 is 15.6 Å². The Morgan fingerprint density at radius 2 is 2.22 bits per heavy atom. The molecule has 6 nitrogen and oxygen atoms in total. The second-order valence-corrected chi connectivity index (χ2v) is 6.16. The Morgan fingerprint density at radius 3 is 2.67 bits per heavy atom. The van der Waals surface area contributed by atoms with Crippen LogP contribution in [0.3, 0.4) is 0 Å². The topological polar surface area (TPSA) is 103 Å². The quantitative estimate of drug-likeness (QED) is 0.808. The fourth-order valence-corrected chi connectivity index (χ4v) is 2.74. The van der Waals surface area contributed by atoms with Gasteiger partial charge in [-0.25, -0.2) is 18.1 Å². The monoisotopic (exact) mass is 267 g/mol. The van der Waals surface area contributed by atoms with Gasteiger partial charge in [0.2, 0.25) is 10.0 Å². The van der Waals surface area contributed by atoms with Crippen LogP contribution in [0.4, 0.5) is 0 Å². The van der Waals surface area contributed by atoms with Crippen LogP contribution in [-0.2, 0) is 10.0 Å². The van der Waals surface area contributed by atoms with Crippen molar-refractivity contribution < 1.29 is 13.5 Å². The summed E-state index contributed by atoms with van der Waals surface area (Å²) in [5.41, 5.74) is -0.751. The third kappa shape index (κ3) is 2.67. The van der Waals surface area contributed by atoms with Gasteiger partial charge in [-0.15, -0.1) is 0 Å². The lowest BCUT2D eigenvalue weighted by molar-refractivity contribution is -0.0270. The van der Waals surface area contributed by atoms with E-state index in [1.807, 2.05) is 6.07 Å². The van der Waals surface area contributed by atoms with E-state index in [0.717, 1.165) is 12.6 Å². The largest absolute Gasteiger partial charge is 0.389 e. The molecule has 1 aliphatic rings. The summed E-state index contributed by atoms with van der Waals surface area (Å²) in [5.74, 6) is 0. The van der Waals surface area contributed by atoms with E-state index in [9.17, 15) is 13.5 Å². The average molecular weight is 267 g/mol. The third-order valence-electron chi connectivity index (χ3n) is 3.04. The molecule has 1 aromatic rings. The summed E-state index contributed by atoms with van der Waals surface area (Å²) in [6, 6.07) is 4.47. The molecule has 1 aliphatic carbocycles. The van der Waals surface area contributed by atoms with Gasteiger partial charge in [0.05, 0.1) is 5.60 Å². The molecule has 2 rings (SSSR count). The van der Waals surface area contributed by atoms with Gasteiger partial charge in [0.15, 0.2) is 0 Å². The molecule has 0 aromatic carbocycles. The molecule has 96 valence electrons. The number of aromatic nitrogens is 1. The molecule has 1 fully saturated rings. The van der Waals surface area contributed by atoms with Crippen LogP contribution in [0.25, 0.3) is 0 Å². The zero-order valence-electron chi connectivity index (χ0n) is 9.63. The Morgan fingerprint density at radius 1 is 1.50 bits per heavy atom. The van der Waals surface area contributed by atoms with Crippen LogP contribution in [0.15, 0.2) is 23.2 Å². The molecule has 0 unspecified atom stereocenters. The lowest BCUT2D eigenvalue weighted by atomic mass is 9.81. The predicted molar refractivity (Wildman–Crippen MR) is 62.9 cm³/mol. The van der Waals surface area contributed by atoms with Crippen molar-refractivity contribution in [1.29, 1.82) is 5.26 Å². The summed E-state index contributed by atoms with van der Waals surface area (Å²) < 4.78 is 26.1. The highest BCUT2D eigenvalue weighted by Gasteiger charge is 2.35. The Balaban J connectivity index is 2.08. The minimum atomic E-state index is -3.68. The molecule has 2 N–H and O–H groups in total. The molecule has 0 saturated heterocycles. The Hall–Kier alpha value is -1.49. The SMILES string of the molecule is N#Cc1ccc(S(=O)(=O)NCC2(O)CCC2)cn1. The number of nitrogens with one attached hydrogen (secondary N) is 1. The van der Waals surface area contributed by atoms with Crippen LogP contribution in [-0.4, -0.2) is 30.7 Å². The van der Waals surface area contributed by atoms with Crippen molar-refractivity contribution in [3.63, 3.8) is 0 Å². The summed E-state index contributed by atoms with van der Waals surface area (Å²) in [4.78, 5) is 3.69. The first-order valence-corrected chi connectivity index (χ1v) is 7.02. The average Bonchev–Trinajstić information content (AvgIpc) is 2.34. The van der Waals surface area contributed by atoms with Crippen LogP contribution < -0.4 is 4.72 Å². The highest BCUT2D eigenvalue weighted by atomic mass is 32.2. The molecule has 1 saturated carbocycles. The highest BCUT2D eigenvalue weighted by Crippen LogP contribution is 2.30. The van der Waals surface area contributed by atoms with E-state index in [0.29, 0.717) is 12.8 Å². The van der Waals surface area contributed by atoms with Crippen LogP contribution in [0.5, 0.6) is 0 Å². The molecule has 0 spiro atoms. The van der Waals surface area contributed by atoms with Crippen molar-refractivity contribution >= 4 is 10.0 Å². The number of pyridine rings is 1. The predicted octanol–water partition coefficient (Wildman–Crippen LogP) is 0.147. The zero-order valence-corrected chi connectivity index (χ0v) is 10.4. The van der Waals surface area contributed by atoms with Crippen molar-refractivity contribution in [2.45, 2.75) is 29.8 Å². The first-order valence-electron chi connectivity index (χ1n) is 5.53. The van der Waals surface area contributed by atoms with E-state index in [2.05, 4.69) is 9.71 Å². The van der Waals surface area contributed by atoms with Crippen molar-refractivity contribution in [1.82, 2.24) is 9.71 Å². The molecule has 7 heteroatoms. The summed E-state index contributed by atoms with van der Waals surface area (Å²) in [7, 11) is -3.68.